The maximum absolute atomic E-state index is 12.9. The third-order valence-corrected chi connectivity index (χ3v) is 4.80. The molecule has 0 bridgehead atoms. The average molecular weight is 402 g/mol. The molecule has 2 aromatic heterocycles. The summed E-state index contributed by atoms with van der Waals surface area (Å²) in [7, 11) is 0. The molecule has 3 aromatic rings. The number of hydrogen-bond donors (Lipinski definition) is 0. The second-order valence-electron chi connectivity index (χ2n) is 6.64. The van der Waals surface area contributed by atoms with Crippen LogP contribution < -0.4 is 4.90 Å². The van der Waals surface area contributed by atoms with E-state index in [-0.39, 0.29) is 11.6 Å². The van der Waals surface area contributed by atoms with Crippen LogP contribution in [0.5, 0.6) is 0 Å². The highest BCUT2D eigenvalue weighted by atomic mass is 19.4. The van der Waals surface area contributed by atoms with Crippen molar-refractivity contribution in [2.45, 2.75) is 6.18 Å². The molecule has 1 aliphatic heterocycles. The van der Waals surface area contributed by atoms with E-state index in [2.05, 4.69) is 10.1 Å². The molecule has 1 aliphatic rings. The minimum absolute atomic E-state index is 0.198. The lowest BCUT2D eigenvalue weighted by molar-refractivity contribution is -0.137. The number of aromatic nitrogens is 2. The molecule has 0 aliphatic carbocycles. The van der Waals surface area contributed by atoms with Gasteiger partial charge in [-0.15, -0.1) is 0 Å². The zero-order valence-electron chi connectivity index (χ0n) is 15.3. The van der Waals surface area contributed by atoms with Gasteiger partial charge in [-0.3, -0.25) is 9.78 Å². The number of rotatable bonds is 3. The van der Waals surface area contributed by atoms with Gasteiger partial charge in [0, 0.05) is 55.9 Å². The Hall–Kier alpha value is -3.36. The van der Waals surface area contributed by atoms with Crippen molar-refractivity contribution in [2.24, 2.45) is 0 Å². The number of benzene rings is 1. The van der Waals surface area contributed by atoms with Crippen LogP contribution in [0.1, 0.15) is 16.1 Å². The third kappa shape index (κ3) is 4.08. The van der Waals surface area contributed by atoms with Gasteiger partial charge in [-0.05, 0) is 30.3 Å². The van der Waals surface area contributed by atoms with Crippen molar-refractivity contribution in [3.8, 4) is 11.3 Å². The monoisotopic (exact) mass is 402 g/mol. The van der Waals surface area contributed by atoms with E-state index in [1.54, 1.807) is 41.6 Å². The Kier molecular flexibility index (Phi) is 4.96. The zero-order chi connectivity index (χ0) is 20.4. The highest BCUT2D eigenvalue weighted by Crippen LogP contribution is 2.32. The van der Waals surface area contributed by atoms with E-state index in [1.165, 1.54) is 6.07 Å². The van der Waals surface area contributed by atoms with Crippen LogP contribution in [0, 0.1) is 0 Å². The predicted octanol–water partition coefficient (Wildman–Crippen LogP) is 3.72. The normalized spacial score (nSPS) is 14.9. The van der Waals surface area contributed by atoms with Crippen molar-refractivity contribution in [1.82, 2.24) is 15.0 Å². The molecule has 0 N–H and O–H groups in total. The van der Waals surface area contributed by atoms with Gasteiger partial charge in [-0.1, -0.05) is 11.2 Å². The summed E-state index contributed by atoms with van der Waals surface area (Å²) in [6.45, 7) is 1.63. The number of nitrogens with zero attached hydrogens (tertiary/aromatic N) is 4. The van der Waals surface area contributed by atoms with Gasteiger partial charge < -0.3 is 14.3 Å². The first-order valence-electron chi connectivity index (χ1n) is 9.00. The summed E-state index contributed by atoms with van der Waals surface area (Å²) >= 11 is 0. The molecular weight excluding hydrogens is 385 g/mol. The fraction of sp³-hybridized carbons (Fsp3) is 0.250. The standard InChI is InChI=1S/C20H17F3N4O2/c21-20(22,23)15-2-1-3-16(12-15)26-8-10-27(11-9-26)19(28)17-13-18(29-25-17)14-4-6-24-7-5-14/h1-7,12-13H,8-11H2. The van der Waals surface area contributed by atoms with Crippen LogP contribution in [0.25, 0.3) is 11.3 Å². The lowest BCUT2D eigenvalue weighted by Crippen LogP contribution is -2.48. The fourth-order valence-electron chi connectivity index (χ4n) is 3.24. The number of amides is 1. The van der Waals surface area contributed by atoms with Crippen molar-refractivity contribution in [1.29, 1.82) is 0 Å². The average Bonchev–Trinajstić information content (AvgIpc) is 3.24. The van der Waals surface area contributed by atoms with Gasteiger partial charge in [0.2, 0.25) is 0 Å². The SMILES string of the molecule is O=C(c1cc(-c2ccncc2)on1)N1CCN(c2cccc(C(F)(F)F)c2)CC1. The Labute approximate surface area is 164 Å². The van der Waals surface area contributed by atoms with E-state index in [1.807, 2.05) is 4.90 Å². The molecule has 9 heteroatoms. The molecule has 0 unspecified atom stereocenters. The van der Waals surface area contributed by atoms with E-state index in [0.717, 1.165) is 17.7 Å². The number of hydrogen-bond acceptors (Lipinski definition) is 5. The van der Waals surface area contributed by atoms with Gasteiger partial charge in [0.05, 0.1) is 5.56 Å². The molecule has 1 saturated heterocycles. The molecule has 1 aromatic carbocycles. The molecule has 1 fully saturated rings. The molecule has 0 saturated carbocycles. The maximum atomic E-state index is 12.9. The Morgan fingerprint density at radius 1 is 1.00 bits per heavy atom. The highest BCUT2D eigenvalue weighted by molar-refractivity contribution is 5.93. The van der Waals surface area contributed by atoms with Crippen LogP contribution in [-0.2, 0) is 6.18 Å². The van der Waals surface area contributed by atoms with Crippen LogP contribution in [0.3, 0.4) is 0 Å². The van der Waals surface area contributed by atoms with Crippen LogP contribution in [0.15, 0.2) is 59.4 Å². The van der Waals surface area contributed by atoms with Crippen LogP contribution in [-0.4, -0.2) is 47.1 Å². The Morgan fingerprint density at radius 2 is 1.72 bits per heavy atom. The number of alkyl halides is 3. The molecular formula is C20H17F3N4O2. The van der Waals surface area contributed by atoms with E-state index in [4.69, 9.17) is 4.52 Å². The molecule has 0 radical (unpaired) electrons. The van der Waals surface area contributed by atoms with Gasteiger partial charge in [0.1, 0.15) is 0 Å². The molecule has 1 amide bonds. The number of carbonyl (C=O) groups excluding carboxylic acids is 1. The number of anilines is 1. The number of pyridine rings is 1. The molecule has 29 heavy (non-hydrogen) atoms. The van der Waals surface area contributed by atoms with E-state index < -0.39 is 11.7 Å². The summed E-state index contributed by atoms with van der Waals surface area (Å²) in [4.78, 5) is 20.1. The molecule has 3 heterocycles. The van der Waals surface area contributed by atoms with Gasteiger partial charge in [-0.25, -0.2) is 0 Å². The minimum atomic E-state index is -4.38. The van der Waals surface area contributed by atoms with Crippen LogP contribution >= 0.6 is 0 Å². The second kappa shape index (κ2) is 7.57. The van der Waals surface area contributed by atoms with Gasteiger partial charge in [0.15, 0.2) is 11.5 Å². The van der Waals surface area contributed by atoms with E-state index >= 15 is 0 Å². The zero-order valence-corrected chi connectivity index (χ0v) is 15.3. The summed E-state index contributed by atoms with van der Waals surface area (Å²) in [5.41, 5.74) is 0.776. The molecule has 4 rings (SSSR count). The Bertz CT molecular complexity index is 996. The first kappa shape index (κ1) is 19.0. The predicted molar refractivity (Wildman–Crippen MR) is 99.3 cm³/mol. The summed E-state index contributed by atoms with van der Waals surface area (Å²) in [5.74, 6) is 0.205. The van der Waals surface area contributed by atoms with E-state index in [9.17, 15) is 18.0 Å². The number of carbonyl (C=O) groups is 1. The maximum Gasteiger partial charge on any atom is 0.416 e. The van der Waals surface area contributed by atoms with Crippen molar-refractivity contribution < 1.29 is 22.5 Å². The van der Waals surface area contributed by atoms with Crippen molar-refractivity contribution in [2.75, 3.05) is 31.1 Å². The second-order valence-corrected chi connectivity index (χ2v) is 6.64. The van der Waals surface area contributed by atoms with Gasteiger partial charge >= 0.3 is 6.18 Å². The van der Waals surface area contributed by atoms with Crippen molar-refractivity contribution in [3.05, 3.63) is 66.1 Å². The lowest BCUT2D eigenvalue weighted by atomic mass is 10.1. The van der Waals surface area contributed by atoms with E-state index in [0.29, 0.717) is 37.6 Å². The lowest BCUT2D eigenvalue weighted by Gasteiger charge is -2.36. The third-order valence-electron chi connectivity index (χ3n) is 4.80. The first-order valence-corrected chi connectivity index (χ1v) is 9.00. The summed E-state index contributed by atoms with van der Waals surface area (Å²) in [6.07, 6.45) is -1.15. The summed E-state index contributed by atoms with van der Waals surface area (Å²) in [5, 5.41) is 3.86. The summed E-state index contributed by atoms with van der Waals surface area (Å²) < 4.78 is 44.0. The summed E-state index contributed by atoms with van der Waals surface area (Å²) in [6, 6.07) is 10.3. The van der Waals surface area contributed by atoms with Crippen LogP contribution in [0.2, 0.25) is 0 Å². The molecule has 150 valence electrons. The highest BCUT2D eigenvalue weighted by Gasteiger charge is 2.31. The number of piperazine rings is 1. The largest absolute Gasteiger partial charge is 0.416 e. The Morgan fingerprint density at radius 3 is 2.41 bits per heavy atom. The van der Waals surface area contributed by atoms with Crippen LogP contribution in [0.4, 0.5) is 18.9 Å². The first-order chi connectivity index (χ1) is 13.9. The molecule has 0 spiro atoms. The fourth-order valence-corrected chi connectivity index (χ4v) is 3.24. The Balaban J connectivity index is 1.41. The number of halogens is 3. The van der Waals surface area contributed by atoms with Crippen molar-refractivity contribution in [3.63, 3.8) is 0 Å². The van der Waals surface area contributed by atoms with Crippen molar-refractivity contribution >= 4 is 11.6 Å². The quantitative estimate of drug-likeness (QED) is 0.668. The van der Waals surface area contributed by atoms with Gasteiger partial charge in [0.25, 0.3) is 5.91 Å². The smallest absolute Gasteiger partial charge is 0.368 e. The topological polar surface area (TPSA) is 62.5 Å². The molecule has 0 atom stereocenters. The van der Waals surface area contributed by atoms with Gasteiger partial charge in [-0.2, -0.15) is 13.2 Å². The minimum Gasteiger partial charge on any atom is -0.368 e. The molecule has 6 nitrogen and oxygen atoms in total.